The first kappa shape index (κ1) is 31.3. The molecule has 0 spiro atoms. The number of primary amides is 2. The number of hydrogen-bond donors (Lipinski definition) is 4. The molecule has 0 unspecified atom stereocenters. The highest BCUT2D eigenvalue weighted by molar-refractivity contribution is 6.12. The van der Waals surface area contributed by atoms with Gasteiger partial charge < -0.3 is 36.5 Å². The second kappa shape index (κ2) is 14.4. The van der Waals surface area contributed by atoms with Gasteiger partial charge in [0.2, 0.25) is 11.8 Å². The number of imide groups is 1. The average molecular weight is 571 g/mol. The Morgan fingerprint density at radius 3 is 2.22 bits per heavy atom. The molecule has 0 aromatic heterocycles. The number of unbranched alkanes of at least 4 members (excludes halogenated alkanes) is 2. The van der Waals surface area contributed by atoms with Crippen molar-refractivity contribution in [1.82, 2.24) is 15.1 Å². The summed E-state index contributed by atoms with van der Waals surface area (Å²) in [5.74, 6) is -2.01. The maximum Gasteiger partial charge on any atom is 0.312 e. The molecule has 13 nitrogen and oxygen atoms in total. The number of nitrogens with two attached hydrogens (primary N) is 2. The van der Waals surface area contributed by atoms with Crippen molar-refractivity contribution >= 4 is 41.6 Å². The van der Waals surface area contributed by atoms with E-state index in [1.807, 2.05) is 0 Å². The Morgan fingerprint density at radius 2 is 1.71 bits per heavy atom. The highest BCUT2D eigenvalue weighted by atomic mass is 16.3. The SMILES string of the molecule is NC(=O)NC[C@H](C[C@@H](C=O)N(CCCCCN1C(=O)C=CC1=O)C(=O)C1(C(N)=O)CCC1)N(CO)c1ccccc1. The molecule has 41 heavy (non-hydrogen) atoms. The zero-order valence-electron chi connectivity index (χ0n) is 22.9. The smallest absolute Gasteiger partial charge is 0.312 e. The minimum Gasteiger partial charge on any atom is -0.376 e. The first-order valence-electron chi connectivity index (χ1n) is 13.7. The van der Waals surface area contributed by atoms with Crippen molar-refractivity contribution in [3.8, 4) is 0 Å². The number of amides is 6. The van der Waals surface area contributed by atoms with Crippen LogP contribution in [-0.4, -0.2) is 89.3 Å². The second-order valence-corrected chi connectivity index (χ2v) is 10.3. The van der Waals surface area contributed by atoms with Crippen molar-refractivity contribution in [3.63, 3.8) is 0 Å². The number of hydrogen-bond acceptors (Lipinski definition) is 8. The predicted molar refractivity (Wildman–Crippen MR) is 149 cm³/mol. The molecular weight excluding hydrogens is 532 g/mol. The third-order valence-electron chi connectivity index (χ3n) is 7.79. The molecular formula is C28H38N6O7. The van der Waals surface area contributed by atoms with Gasteiger partial charge in [0.15, 0.2) is 0 Å². The Kier molecular flexibility index (Phi) is 11.0. The molecule has 1 aliphatic heterocycles. The molecule has 1 fully saturated rings. The summed E-state index contributed by atoms with van der Waals surface area (Å²) in [7, 11) is 0. The van der Waals surface area contributed by atoms with E-state index < -0.39 is 42.1 Å². The number of anilines is 1. The minimum absolute atomic E-state index is 0.0161. The van der Waals surface area contributed by atoms with Crippen molar-refractivity contribution in [2.24, 2.45) is 16.9 Å². The molecule has 0 bridgehead atoms. The van der Waals surface area contributed by atoms with Gasteiger partial charge in [-0.3, -0.25) is 24.1 Å². The van der Waals surface area contributed by atoms with Gasteiger partial charge >= 0.3 is 6.03 Å². The van der Waals surface area contributed by atoms with Crippen molar-refractivity contribution < 1.29 is 33.9 Å². The monoisotopic (exact) mass is 570 g/mol. The number of rotatable bonds is 17. The quantitative estimate of drug-likeness (QED) is 0.0661. The molecule has 0 saturated heterocycles. The summed E-state index contributed by atoms with van der Waals surface area (Å²) in [6.07, 6.45) is 5.75. The highest BCUT2D eigenvalue weighted by Crippen LogP contribution is 2.43. The molecule has 6 amide bonds. The molecule has 2 aliphatic rings. The molecule has 13 heteroatoms. The molecule has 1 heterocycles. The van der Waals surface area contributed by atoms with Crippen LogP contribution in [0.25, 0.3) is 0 Å². The van der Waals surface area contributed by atoms with Crippen LogP contribution in [0.2, 0.25) is 0 Å². The van der Waals surface area contributed by atoms with Gasteiger partial charge in [0, 0.05) is 37.5 Å². The van der Waals surface area contributed by atoms with E-state index in [-0.39, 0.29) is 50.7 Å². The lowest BCUT2D eigenvalue weighted by Crippen LogP contribution is -2.59. The lowest BCUT2D eigenvalue weighted by atomic mass is 9.67. The van der Waals surface area contributed by atoms with Crippen molar-refractivity contribution in [1.29, 1.82) is 0 Å². The lowest BCUT2D eigenvalue weighted by molar-refractivity contribution is -0.158. The van der Waals surface area contributed by atoms with Crippen molar-refractivity contribution in [2.45, 2.75) is 57.0 Å². The predicted octanol–water partition coefficient (Wildman–Crippen LogP) is 0.0168. The van der Waals surface area contributed by atoms with Crippen LogP contribution < -0.4 is 21.7 Å². The van der Waals surface area contributed by atoms with Gasteiger partial charge in [-0.25, -0.2) is 4.79 Å². The van der Waals surface area contributed by atoms with Gasteiger partial charge in [0.1, 0.15) is 18.4 Å². The van der Waals surface area contributed by atoms with Gasteiger partial charge in [-0.2, -0.15) is 0 Å². The Hall–Kier alpha value is -4.26. The van der Waals surface area contributed by atoms with E-state index in [4.69, 9.17) is 11.5 Å². The maximum absolute atomic E-state index is 13.8. The van der Waals surface area contributed by atoms with Crippen LogP contribution in [0.4, 0.5) is 10.5 Å². The number of para-hydroxylation sites is 1. The van der Waals surface area contributed by atoms with Crippen LogP contribution in [0.15, 0.2) is 42.5 Å². The third-order valence-corrected chi connectivity index (χ3v) is 7.79. The molecule has 1 aromatic rings. The molecule has 1 aromatic carbocycles. The van der Waals surface area contributed by atoms with Crippen LogP contribution >= 0.6 is 0 Å². The largest absolute Gasteiger partial charge is 0.376 e. The number of aldehydes is 1. The number of nitrogens with one attached hydrogen (secondary N) is 1. The fraction of sp³-hybridized carbons (Fsp3) is 0.500. The van der Waals surface area contributed by atoms with Gasteiger partial charge in [0.25, 0.3) is 11.8 Å². The van der Waals surface area contributed by atoms with Crippen LogP contribution in [0.1, 0.15) is 44.9 Å². The molecule has 0 radical (unpaired) electrons. The molecule has 222 valence electrons. The van der Waals surface area contributed by atoms with E-state index in [0.717, 1.165) is 4.90 Å². The summed E-state index contributed by atoms with van der Waals surface area (Å²) in [5.41, 5.74) is 10.2. The van der Waals surface area contributed by atoms with Crippen LogP contribution in [0.5, 0.6) is 0 Å². The summed E-state index contributed by atoms with van der Waals surface area (Å²) < 4.78 is 0. The molecule has 6 N–H and O–H groups in total. The lowest BCUT2D eigenvalue weighted by Gasteiger charge is -2.43. The Bertz CT molecular complexity index is 1140. The van der Waals surface area contributed by atoms with E-state index in [9.17, 15) is 33.9 Å². The van der Waals surface area contributed by atoms with Crippen molar-refractivity contribution in [3.05, 3.63) is 42.5 Å². The number of aliphatic hydroxyl groups is 1. The van der Waals surface area contributed by atoms with Gasteiger partial charge in [-0.15, -0.1) is 0 Å². The second-order valence-electron chi connectivity index (χ2n) is 10.3. The van der Waals surface area contributed by atoms with Crippen molar-refractivity contribution in [2.75, 3.05) is 31.3 Å². The maximum atomic E-state index is 13.8. The Balaban J connectivity index is 1.79. The molecule has 1 saturated carbocycles. The van der Waals surface area contributed by atoms with Crippen LogP contribution in [0.3, 0.4) is 0 Å². The average Bonchev–Trinajstić information content (AvgIpc) is 3.24. The first-order valence-corrected chi connectivity index (χ1v) is 13.7. The number of carbonyl (C=O) groups excluding carboxylic acids is 6. The molecule has 1 aliphatic carbocycles. The first-order chi connectivity index (χ1) is 19.6. The third kappa shape index (κ3) is 7.48. The van der Waals surface area contributed by atoms with E-state index in [2.05, 4.69) is 5.32 Å². The summed E-state index contributed by atoms with van der Waals surface area (Å²) in [6, 6.07) is 6.42. The highest BCUT2D eigenvalue weighted by Gasteiger charge is 2.52. The summed E-state index contributed by atoms with van der Waals surface area (Å²) in [4.78, 5) is 77.9. The topological polar surface area (TPSA) is 196 Å². The summed E-state index contributed by atoms with van der Waals surface area (Å²) in [6.45, 7) is -0.116. The molecule has 3 rings (SSSR count). The number of nitrogens with zero attached hydrogens (tertiary/aromatic N) is 3. The van der Waals surface area contributed by atoms with Gasteiger partial charge in [-0.1, -0.05) is 24.6 Å². The van der Waals surface area contributed by atoms with Gasteiger partial charge in [0.05, 0.1) is 12.1 Å². The summed E-state index contributed by atoms with van der Waals surface area (Å²) >= 11 is 0. The van der Waals surface area contributed by atoms with E-state index in [0.29, 0.717) is 37.7 Å². The fourth-order valence-corrected chi connectivity index (χ4v) is 5.27. The fourth-order valence-electron chi connectivity index (χ4n) is 5.27. The number of urea groups is 1. The zero-order chi connectivity index (χ0) is 30.0. The standard InChI is InChI=1S/C28H38N6O7/c29-25(39)28(12-7-13-28)26(40)32(14-5-2-6-15-33-23(37)10-11-24(33)38)22(18-35)16-21(17-31-27(30)41)34(19-36)20-8-3-1-4-9-20/h1,3-4,8-11,18,21-22,36H,2,5-7,12-17,19H2,(H2,29,39)(H3,30,31,41)/t21-,22-/m0/s1. The Labute approximate surface area is 238 Å². The Morgan fingerprint density at radius 1 is 1.05 bits per heavy atom. The van der Waals surface area contributed by atoms with Crippen LogP contribution in [0, 0.1) is 5.41 Å². The zero-order valence-corrected chi connectivity index (χ0v) is 22.9. The normalized spacial score (nSPS) is 17.0. The van der Waals surface area contributed by atoms with E-state index in [1.54, 1.807) is 35.2 Å². The van der Waals surface area contributed by atoms with Gasteiger partial charge in [-0.05, 0) is 50.7 Å². The van der Waals surface area contributed by atoms with E-state index in [1.165, 1.54) is 17.1 Å². The minimum atomic E-state index is -1.39. The summed E-state index contributed by atoms with van der Waals surface area (Å²) in [5, 5.41) is 12.7. The number of benzene rings is 1. The van der Waals surface area contributed by atoms with Crippen LogP contribution in [-0.2, 0) is 24.0 Å². The molecule has 2 atom stereocenters. The van der Waals surface area contributed by atoms with E-state index >= 15 is 0 Å². The number of carbonyl (C=O) groups is 6. The number of aliphatic hydroxyl groups excluding tert-OH is 1.